The number of aromatic amines is 2. The maximum Gasteiger partial charge on any atom is 0.421 e. The topological polar surface area (TPSA) is 106 Å². The number of pyridine rings is 2. The number of carbonyl (C=O) groups excluding carboxylic acids is 1. The summed E-state index contributed by atoms with van der Waals surface area (Å²) in [7, 11) is 0. The monoisotopic (exact) mass is 518 g/mol. The summed E-state index contributed by atoms with van der Waals surface area (Å²) in [4.78, 5) is 41.0. The summed E-state index contributed by atoms with van der Waals surface area (Å²) in [5, 5.41) is -0.00834. The molecule has 3 aromatic heterocycles. The molecular formula is C21H20F6N6O3. The number of nitrogens with zero attached hydrogens (tertiary/aromatic N) is 3. The Hall–Kier alpha value is -3.75. The second kappa shape index (κ2) is 9.37. The number of carbonyl (C=O) groups is 1. The van der Waals surface area contributed by atoms with Gasteiger partial charge >= 0.3 is 18.4 Å². The van der Waals surface area contributed by atoms with Crippen molar-refractivity contribution in [3.8, 4) is 0 Å². The summed E-state index contributed by atoms with van der Waals surface area (Å²) in [6, 6.07) is 1.32. The van der Waals surface area contributed by atoms with Gasteiger partial charge in [-0.15, -0.1) is 0 Å². The molecule has 0 aliphatic carbocycles. The summed E-state index contributed by atoms with van der Waals surface area (Å²) in [5.41, 5.74) is -1.12. The minimum Gasteiger partial charge on any atom is -0.358 e. The predicted octanol–water partition coefficient (Wildman–Crippen LogP) is 3.81. The Morgan fingerprint density at radius 3 is 2.39 bits per heavy atom. The molecule has 9 nitrogen and oxygen atoms in total. The molecule has 15 heteroatoms. The summed E-state index contributed by atoms with van der Waals surface area (Å²) >= 11 is 0. The van der Waals surface area contributed by atoms with Gasteiger partial charge in [0.2, 0.25) is 0 Å². The molecular weight excluding hydrogens is 498 g/mol. The minimum absolute atomic E-state index is 0.00427. The molecule has 1 saturated heterocycles. The van der Waals surface area contributed by atoms with Gasteiger partial charge in [-0.3, -0.25) is 9.63 Å². The maximum absolute atomic E-state index is 13.2. The number of aromatic nitrogens is 3. The number of amides is 2. The highest BCUT2D eigenvalue weighted by Crippen LogP contribution is 2.37. The Kier molecular flexibility index (Phi) is 6.60. The van der Waals surface area contributed by atoms with E-state index in [1.165, 1.54) is 24.1 Å². The van der Waals surface area contributed by atoms with Crippen LogP contribution in [0.1, 0.15) is 29.7 Å². The molecule has 3 N–H and O–H groups in total. The number of halogens is 6. The van der Waals surface area contributed by atoms with E-state index < -0.39 is 41.2 Å². The van der Waals surface area contributed by atoms with Crippen molar-refractivity contribution >= 4 is 22.8 Å². The third-order valence-electron chi connectivity index (χ3n) is 5.77. The van der Waals surface area contributed by atoms with Crippen LogP contribution in [-0.2, 0) is 17.2 Å². The fraction of sp³-hybridized carbons (Fsp3) is 0.381. The standard InChI is InChI=1S/C21H20F6N6O3/c1-11(12-8-14(20(22,23)24)18(34)30-9-12)36-31-19(35)33-6-4-32(5-7-33)17-16-13(2-3-28-16)15(10-29-17)21(25,26)27/h2-3,8-11,28H,4-7H2,1H3,(H,30,34)(H,31,35)/t11-/m1/s1. The first kappa shape index (κ1) is 25.3. The quantitative estimate of drug-likeness (QED) is 0.360. The lowest BCUT2D eigenvalue weighted by molar-refractivity contribution is -0.139. The summed E-state index contributed by atoms with van der Waals surface area (Å²) < 4.78 is 78.6. The first-order valence-corrected chi connectivity index (χ1v) is 10.6. The average molecular weight is 518 g/mol. The van der Waals surface area contributed by atoms with Gasteiger partial charge in [-0.25, -0.2) is 15.3 Å². The number of hydrogen-bond donors (Lipinski definition) is 3. The number of H-pyrrole nitrogens is 2. The van der Waals surface area contributed by atoms with Crippen molar-refractivity contribution in [1.29, 1.82) is 0 Å². The van der Waals surface area contributed by atoms with Crippen molar-refractivity contribution in [1.82, 2.24) is 25.3 Å². The van der Waals surface area contributed by atoms with Crippen LogP contribution in [-0.4, -0.2) is 52.1 Å². The van der Waals surface area contributed by atoms with Crippen molar-refractivity contribution in [2.45, 2.75) is 25.4 Å². The van der Waals surface area contributed by atoms with Crippen LogP contribution in [0.15, 0.2) is 35.5 Å². The minimum atomic E-state index is -4.85. The Morgan fingerprint density at radius 2 is 1.75 bits per heavy atom. The molecule has 3 aromatic rings. The van der Waals surface area contributed by atoms with Crippen molar-refractivity contribution in [2.24, 2.45) is 0 Å². The van der Waals surface area contributed by atoms with Gasteiger partial charge in [0.05, 0.1) is 11.1 Å². The number of hydroxylamine groups is 1. The highest BCUT2D eigenvalue weighted by Gasteiger charge is 2.36. The molecule has 36 heavy (non-hydrogen) atoms. The second-order valence-corrected chi connectivity index (χ2v) is 8.07. The van der Waals surface area contributed by atoms with Crippen LogP contribution in [0.5, 0.6) is 0 Å². The zero-order chi connectivity index (χ0) is 26.3. The lowest BCUT2D eigenvalue weighted by Crippen LogP contribution is -2.52. The summed E-state index contributed by atoms with van der Waals surface area (Å²) in [6.45, 7) is 2.30. The molecule has 0 unspecified atom stereocenters. The van der Waals surface area contributed by atoms with Gasteiger partial charge < -0.3 is 19.8 Å². The van der Waals surface area contributed by atoms with Gasteiger partial charge in [-0.2, -0.15) is 26.3 Å². The number of urea groups is 1. The number of hydrogen-bond acceptors (Lipinski definition) is 5. The molecule has 1 fully saturated rings. The number of fused-ring (bicyclic) bond motifs is 1. The van der Waals surface area contributed by atoms with Crippen molar-refractivity contribution in [2.75, 3.05) is 31.1 Å². The molecule has 4 rings (SSSR count). The zero-order valence-corrected chi connectivity index (χ0v) is 18.6. The molecule has 1 aliphatic heterocycles. The van der Waals surface area contributed by atoms with Crippen LogP contribution in [0.4, 0.5) is 37.0 Å². The number of alkyl halides is 6. The molecule has 0 bridgehead atoms. The van der Waals surface area contributed by atoms with Crippen molar-refractivity contribution < 1.29 is 36.0 Å². The normalized spacial score (nSPS) is 15.9. The Balaban J connectivity index is 1.36. The van der Waals surface area contributed by atoms with E-state index in [2.05, 4.69) is 15.4 Å². The van der Waals surface area contributed by atoms with Gasteiger partial charge in [-0.1, -0.05) is 0 Å². The number of rotatable bonds is 4. The third-order valence-corrected chi connectivity index (χ3v) is 5.77. The molecule has 1 aliphatic rings. The molecule has 2 amide bonds. The van der Waals surface area contributed by atoms with Crippen LogP contribution >= 0.6 is 0 Å². The summed E-state index contributed by atoms with van der Waals surface area (Å²) in [6.07, 6.45) is -7.17. The largest absolute Gasteiger partial charge is 0.421 e. The Bertz CT molecular complexity index is 1310. The molecule has 0 radical (unpaired) electrons. The van der Waals surface area contributed by atoms with Crippen molar-refractivity contribution in [3.63, 3.8) is 0 Å². The van der Waals surface area contributed by atoms with Crippen LogP contribution < -0.4 is 15.9 Å². The first-order valence-electron chi connectivity index (χ1n) is 10.6. The number of piperazine rings is 1. The Morgan fingerprint density at radius 1 is 1.08 bits per heavy atom. The van der Waals surface area contributed by atoms with E-state index in [4.69, 9.17) is 4.84 Å². The number of anilines is 1. The van der Waals surface area contributed by atoms with E-state index in [1.807, 2.05) is 4.98 Å². The van der Waals surface area contributed by atoms with Crippen LogP contribution in [0.25, 0.3) is 10.9 Å². The van der Waals surface area contributed by atoms with Gasteiger partial charge in [0.1, 0.15) is 11.7 Å². The molecule has 194 valence electrons. The lowest BCUT2D eigenvalue weighted by atomic mass is 10.1. The predicted molar refractivity (Wildman–Crippen MR) is 115 cm³/mol. The van der Waals surface area contributed by atoms with Gasteiger partial charge in [0.25, 0.3) is 5.56 Å². The molecule has 4 heterocycles. The zero-order valence-electron chi connectivity index (χ0n) is 18.6. The molecule has 0 aromatic carbocycles. The van der Waals surface area contributed by atoms with E-state index in [0.717, 1.165) is 12.4 Å². The van der Waals surface area contributed by atoms with Crippen LogP contribution in [0.3, 0.4) is 0 Å². The lowest BCUT2D eigenvalue weighted by Gasteiger charge is -2.35. The fourth-order valence-corrected chi connectivity index (χ4v) is 3.84. The van der Waals surface area contributed by atoms with Crippen LogP contribution in [0.2, 0.25) is 0 Å². The first-order chi connectivity index (χ1) is 16.9. The Labute approximate surface area is 199 Å². The SMILES string of the molecule is C[C@@H](ONC(=O)N1CCN(c2ncc(C(F)(F)F)c3cc[nH]c23)CC1)c1c[nH]c(=O)c(C(F)(F)F)c1. The number of nitrogens with one attached hydrogen (secondary N) is 3. The van der Waals surface area contributed by atoms with Crippen LogP contribution in [0, 0.1) is 0 Å². The molecule has 1 atom stereocenters. The van der Waals surface area contributed by atoms with Gasteiger partial charge in [-0.05, 0) is 19.1 Å². The van der Waals surface area contributed by atoms with E-state index in [-0.39, 0.29) is 42.6 Å². The van der Waals surface area contributed by atoms with Crippen molar-refractivity contribution in [3.05, 3.63) is 57.8 Å². The maximum atomic E-state index is 13.2. The molecule has 0 spiro atoms. The third kappa shape index (κ3) is 5.10. The average Bonchev–Trinajstić information content (AvgIpc) is 3.30. The molecule has 0 saturated carbocycles. The highest BCUT2D eigenvalue weighted by molar-refractivity contribution is 5.92. The smallest absolute Gasteiger partial charge is 0.358 e. The van der Waals surface area contributed by atoms with E-state index >= 15 is 0 Å². The second-order valence-electron chi connectivity index (χ2n) is 8.07. The summed E-state index contributed by atoms with van der Waals surface area (Å²) in [5.74, 6) is 0.325. The van der Waals surface area contributed by atoms with E-state index in [0.29, 0.717) is 11.9 Å². The van der Waals surface area contributed by atoms with Gasteiger partial charge in [0, 0.05) is 55.7 Å². The van der Waals surface area contributed by atoms with E-state index in [9.17, 15) is 35.9 Å². The van der Waals surface area contributed by atoms with E-state index in [1.54, 1.807) is 4.90 Å². The fourth-order valence-electron chi connectivity index (χ4n) is 3.84. The highest BCUT2D eigenvalue weighted by atomic mass is 19.4. The van der Waals surface area contributed by atoms with Gasteiger partial charge in [0.15, 0.2) is 5.82 Å².